The predicted octanol–water partition coefficient (Wildman–Crippen LogP) is 0.675. The lowest BCUT2D eigenvalue weighted by molar-refractivity contribution is 0.180. The minimum absolute atomic E-state index is 0.286. The number of rotatable bonds is 4. The maximum Gasteiger partial charge on any atom is 0.244 e. The van der Waals surface area contributed by atoms with Crippen LogP contribution < -0.4 is 5.73 Å². The monoisotopic (exact) mass is 301 g/mol. The molecule has 1 aliphatic carbocycles. The van der Waals surface area contributed by atoms with Crippen molar-refractivity contribution in [2.75, 3.05) is 26.2 Å². The zero-order chi connectivity index (χ0) is 13.5. The van der Waals surface area contributed by atoms with Crippen molar-refractivity contribution in [1.82, 2.24) is 9.21 Å². The second-order valence-corrected chi connectivity index (χ2v) is 7.99. The summed E-state index contributed by atoms with van der Waals surface area (Å²) in [7, 11) is -3.35. The number of hydrogen-bond acceptors (Lipinski definition) is 5. The SMILES string of the molecule is NCc1sccc1S(=O)(=O)N1CCN(C2CC2)CC1. The lowest BCUT2D eigenvalue weighted by Gasteiger charge is -2.34. The summed E-state index contributed by atoms with van der Waals surface area (Å²) in [4.78, 5) is 3.56. The second-order valence-electron chi connectivity index (χ2n) is 5.08. The third-order valence-electron chi connectivity index (χ3n) is 3.84. The molecule has 0 bridgehead atoms. The van der Waals surface area contributed by atoms with Crippen molar-refractivity contribution in [3.63, 3.8) is 0 Å². The van der Waals surface area contributed by atoms with Crippen molar-refractivity contribution >= 4 is 21.4 Å². The zero-order valence-corrected chi connectivity index (χ0v) is 12.4. The summed E-state index contributed by atoms with van der Waals surface area (Å²) in [6.07, 6.45) is 2.54. The molecule has 5 nitrogen and oxygen atoms in total. The molecule has 0 radical (unpaired) electrons. The number of piperazine rings is 1. The Bertz CT molecular complexity index is 543. The smallest absolute Gasteiger partial charge is 0.244 e. The van der Waals surface area contributed by atoms with Crippen molar-refractivity contribution < 1.29 is 8.42 Å². The highest BCUT2D eigenvalue weighted by Crippen LogP contribution is 2.30. The molecule has 1 saturated heterocycles. The van der Waals surface area contributed by atoms with Gasteiger partial charge in [0.1, 0.15) is 0 Å². The van der Waals surface area contributed by atoms with Gasteiger partial charge in [-0.05, 0) is 24.3 Å². The quantitative estimate of drug-likeness (QED) is 0.888. The Labute approximate surface area is 118 Å². The summed E-state index contributed by atoms with van der Waals surface area (Å²) in [5.41, 5.74) is 5.61. The molecule has 0 atom stereocenters. The van der Waals surface area contributed by atoms with Gasteiger partial charge in [0.25, 0.3) is 0 Å². The molecular formula is C12H19N3O2S2. The van der Waals surface area contributed by atoms with Gasteiger partial charge in [0.15, 0.2) is 0 Å². The van der Waals surface area contributed by atoms with E-state index < -0.39 is 10.0 Å². The fraction of sp³-hybridized carbons (Fsp3) is 0.667. The molecule has 1 aromatic rings. The minimum Gasteiger partial charge on any atom is -0.326 e. The number of hydrogen-bond donors (Lipinski definition) is 1. The van der Waals surface area contributed by atoms with Crippen LogP contribution in [0.1, 0.15) is 17.7 Å². The maximum absolute atomic E-state index is 12.6. The third-order valence-corrected chi connectivity index (χ3v) is 6.90. The average molecular weight is 301 g/mol. The Hall–Kier alpha value is -0.470. The molecule has 1 aliphatic heterocycles. The van der Waals surface area contributed by atoms with Gasteiger partial charge in [-0.2, -0.15) is 4.31 Å². The Morgan fingerprint density at radius 2 is 1.95 bits per heavy atom. The van der Waals surface area contributed by atoms with Gasteiger partial charge in [0, 0.05) is 43.6 Å². The highest BCUT2D eigenvalue weighted by atomic mass is 32.2. The molecule has 0 unspecified atom stereocenters. The summed E-state index contributed by atoms with van der Waals surface area (Å²) in [5, 5.41) is 1.80. The van der Waals surface area contributed by atoms with Gasteiger partial charge in [0.05, 0.1) is 4.90 Å². The van der Waals surface area contributed by atoms with Gasteiger partial charge < -0.3 is 5.73 Å². The van der Waals surface area contributed by atoms with E-state index in [0.717, 1.165) is 18.0 Å². The highest BCUT2D eigenvalue weighted by Gasteiger charge is 2.35. The maximum atomic E-state index is 12.6. The molecule has 7 heteroatoms. The van der Waals surface area contributed by atoms with Crippen molar-refractivity contribution in [1.29, 1.82) is 0 Å². The Morgan fingerprint density at radius 1 is 1.26 bits per heavy atom. The van der Waals surface area contributed by atoms with Crippen LogP contribution in [-0.2, 0) is 16.6 Å². The van der Waals surface area contributed by atoms with Crippen LogP contribution in [0.4, 0.5) is 0 Å². The molecule has 1 aromatic heterocycles. The molecular weight excluding hydrogens is 282 g/mol. The summed E-state index contributed by atoms with van der Waals surface area (Å²) in [6, 6.07) is 2.39. The minimum atomic E-state index is -3.35. The summed E-state index contributed by atoms with van der Waals surface area (Å²) in [6.45, 7) is 3.18. The highest BCUT2D eigenvalue weighted by molar-refractivity contribution is 7.89. The molecule has 2 aliphatic rings. The molecule has 0 spiro atoms. The van der Waals surface area contributed by atoms with E-state index in [4.69, 9.17) is 5.73 Å². The first-order valence-corrected chi connectivity index (χ1v) is 8.95. The van der Waals surface area contributed by atoms with E-state index in [0.29, 0.717) is 24.0 Å². The van der Waals surface area contributed by atoms with Crippen molar-refractivity contribution in [2.45, 2.75) is 30.3 Å². The first-order valence-electron chi connectivity index (χ1n) is 6.63. The molecule has 19 heavy (non-hydrogen) atoms. The molecule has 2 fully saturated rings. The van der Waals surface area contributed by atoms with Crippen LogP contribution in [0, 0.1) is 0 Å². The number of thiophene rings is 1. The standard InChI is InChI=1S/C12H19N3O2S2/c13-9-11-12(3-8-18-11)19(16,17)15-6-4-14(5-7-15)10-1-2-10/h3,8,10H,1-2,4-7,9,13H2. The van der Waals surface area contributed by atoms with Crippen LogP contribution in [-0.4, -0.2) is 49.8 Å². The van der Waals surface area contributed by atoms with E-state index >= 15 is 0 Å². The van der Waals surface area contributed by atoms with Gasteiger partial charge >= 0.3 is 0 Å². The number of sulfonamides is 1. The van der Waals surface area contributed by atoms with Crippen LogP contribution in [0.5, 0.6) is 0 Å². The largest absolute Gasteiger partial charge is 0.326 e. The van der Waals surface area contributed by atoms with Crippen LogP contribution in [0.25, 0.3) is 0 Å². The van der Waals surface area contributed by atoms with Gasteiger partial charge in [0.2, 0.25) is 10.0 Å². The lowest BCUT2D eigenvalue weighted by atomic mass is 10.3. The van der Waals surface area contributed by atoms with Crippen LogP contribution in [0.2, 0.25) is 0 Å². The van der Waals surface area contributed by atoms with E-state index in [1.807, 2.05) is 0 Å². The fourth-order valence-electron chi connectivity index (χ4n) is 2.60. The first-order chi connectivity index (χ1) is 9.13. The van der Waals surface area contributed by atoms with Gasteiger partial charge in [-0.3, -0.25) is 4.90 Å². The fourth-order valence-corrected chi connectivity index (χ4v) is 5.32. The Kier molecular flexibility index (Phi) is 3.65. The van der Waals surface area contributed by atoms with Crippen LogP contribution in [0.3, 0.4) is 0 Å². The van der Waals surface area contributed by atoms with Crippen molar-refractivity contribution in [3.05, 3.63) is 16.3 Å². The van der Waals surface area contributed by atoms with Gasteiger partial charge in [-0.25, -0.2) is 8.42 Å². The molecule has 3 rings (SSSR count). The molecule has 106 valence electrons. The average Bonchev–Trinajstić information content (AvgIpc) is 3.15. The summed E-state index contributed by atoms with van der Waals surface area (Å²) in [5.74, 6) is 0. The van der Waals surface area contributed by atoms with E-state index in [-0.39, 0.29) is 6.54 Å². The molecule has 2 heterocycles. The van der Waals surface area contributed by atoms with Crippen molar-refractivity contribution in [3.8, 4) is 0 Å². The predicted molar refractivity (Wildman–Crippen MR) is 75.6 cm³/mol. The van der Waals surface area contributed by atoms with Gasteiger partial charge in [-0.15, -0.1) is 11.3 Å². The topological polar surface area (TPSA) is 66.6 Å². The molecule has 1 saturated carbocycles. The van der Waals surface area contributed by atoms with Crippen LogP contribution in [0.15, 0.2) is 16.3 Å². The van der Waals surface area contributed by atoms with E-state index in [9.17, 15) is 8.42 Å². The van der Waals surface area contributed by atoms with Crippen LogP contribution >= 0.6 is 11.3 Å². The number of nitrogens with two attached hydrogens (primary N) is 1. The molecule has 0 aromatic carbocycles. The molecule has 2 N–H and O–H groups in total. The van der Waals surface area contributed by atoms with E-state index in [2.05, 4.69) is 4.90 Å². The summed E-state index contributed by atoms with van der Waals surface area (Å²) < 4.78 is 26.8. The molecule has 0 amide bonds. The summed E-state index contributed by atoms with van der Waals surface area (Å²) >= 11 is 1.41. The number of nitrogens with zero attached hydrogens (tertiary/aromatic N) is 2. The third kappa shape index (κ3) is 2.57. The zero-order valence-electron chi connectivity index (χ0n) is 10.8. The second kappa shape index (κ2) is 5.14. The first kappa shape index (κ1) is 13.5. The van der Waals surface area contributed by atoms with Gasteiger partial charge in [-0.1, -0.05) is 0 Å². The Balaban J connectivity index is 1.74. The van der Waals surface area contributed by atoms with E-state index in [1.165, 1.54) is 24.2 Å². The lowest BCUT2D eigenvalue weighted by Crippen LogP contribution is -2.49. The van der Waals surface area contributed by atoms with Crippen molar-refractivity contribution in [2.24, 2.45) is 5.73 Å². The Morgan fingerprint density at radius 3 is 2.53 bits per heavy atom. The van der Waals surface area contributed by atoms with E-state index in [1.54, 1.807) is 15.8 Å². The normalized spacial score (nSPS) is 22.8.